The fourth-order valence-corrected chi connectivity index (χ4v) is 2.10. The molecular formula is C14H5Cl2F5O2. The Morgan fingerprint density at radius 2 is 1.43 bits per heavy atom. The van der Waals surface area contributed by atoms with Crippen molar-refractivity contribution in [2.24, 2.45) is 0 Å². The maximum atomic E-state index is 13.4. The normalized spacial score (nSPS) is 10.7. The van der Waals surface area contributed by atoms with Crippen molar-refractivity contribution in [1.29, 1.82) is 0 Å². The number of hydrogen-bond donors (Lipinski definition) is 0. The molecule has 9 heteroatoms. The van der Waals surface area contributed by atoms with E-state index in [0.717, 1.165) is 0 Å². The van der Waals surface area contributed by atoms with E-state index in [1.165, 1.54) is 18.2 Å². The molecule has 0 spiro atoms. The van der Waals surface area contributed by atoms with Crippen LogP contribution in [0.5, 0.6) is 0 Å². The van der Waals surface area contributed by atoms with E-state index in [-0.39, 0.29) is 10.6 Å². The van der Waals surface area contributed by atoms with Crippen molar-refractivity contribution >= 4 is 29.2 Å². The molecular weight excluding hydrogens is 366 g/mol. The van der Waals surface area contributed by atoms with Crippen molar-refractivity contribution < 1.29 is 31.5 Å². The lowest BCUT2D eigenvalue weighted by Gasteiger charge is -2.09. The lowest BCUT2D eigenvalue weighted by molar-refractivity contribution is 0.0458. The minimum absolute atomic E-state index is 0.0997. The maximum absolute atomic E-state index is 13.4. The van der Waals surface area contributed by atoms with Crippen LogP contribution >= 0.6 is 23.2 Å². The topological polar surface area (TPSA) is 26.3 Å². The molecule has 0 saturated carbocycles. The van der Waals surface area contributed by atoms with Crippen LogP contribution in [0.4, 0.5) is 22.0 Å². The Hall–Kier alpha value is -1.86. The maximum Gasteiger partial charge on any atom is 0.344 e. The molecule has 0 unspecified atom stereocenters. The molecule has 0 aliphatic heterocycles. The molecule has 2 aromatic rings. The molecule has 122 valence electrons. The molecule has 0 aromatic heterocycles. The average molecular weight is 371 g/mol. The summed E-state index contributed by atoms with van der Waals surface area (Å²) in [5.41, 5.74) is -1.44. The Morgan fingerprint density at radius 1 is 0.913 bits per heavy atom. The van der Waals surface area contributed by atoms with Crippen LogP contribution in [0.25, 0.3) is 0 Å². The van der Waals surface area contributed by atoms with Crippen LogP contribution in [0, 0.1) is 29.1 Å². The SMILES string of the molecule is O=C(OCc1ccc(Cl)cc1Cl)c1c(F)c(F)c(F)c(F)c1F. The molecule has 0 bridgehead atoms. The van der Waals surface area contributed by atoms with Crippen LogP contribution in [0.3, 0.4) is 0 Å². The van der Waals surface area contributed by atoms with Gasteiger partial charge in [0.2, 0.25) is 5.82 Å². The van der Waals surface area contributed by atoms with E-state index in [1.54, 1.807) is 0 Å². The average Bonchev–Trinajstić information content (AvgIpc) is 2.50. The number of hydrogen-bond acceptors (Lipinski definition) is 2. The number of carbonyl (C=O) groups is 1. The van der Waals surface area contributed by atoms with Gasteiger partial charge in [-0.2, -0.15) is 0 Å². The van der Waals surface area contributed by atoms with E-state index in [1.807, 2.05) is 0 Å². The molecule has 0 aliphatic rings. The Bertz CT molecular complexity index is 766. The van der Waals surface area contributed by atoms with E-state index < -0.39 is 47.2 Å². The summed E-state index contributed by atoms with van der Waals surface area (Å²) in [6.07, 6.45) is 0. The lowest BCUT2D eigenvalue weighted by atomic mass is 10.1. The second-order valence-electron chi connectivity index (χ2n) is 4.26. The number of benzene rings is 2. The highest BCUT2D eigenvalue weighted by molar-refractivity contribution is 6.35. The molecule has 0 radical (unpaired) electrons. The number of ether oxygens (including phenoxy) is 1. The van der Waals surface area contributed by atoms with Crippen molar-refractivity contribution in [3.63, 3.8) is 0 Å². The largest absolute Gasteiger partial charge is 0.457 e. The number of halogens is 7. The zero-order chi connectivity index (χ0) is 17.3. The molecule has 23 heavy (non-hydrogen) atoms. The van der Waals surface area contributed by atoms with E-state index in [9.17, 15) is 26.7 Å². The van der Waals surface area contributed by atoms with Crippen LogP contribution in [0.15, 0.2) is 18.2 Å². The fourth-order valence-electron chi connectivity index (χ4n) is 1.64. The standard InChI is InChI=1S/C14H5Cl2F5O2/c15-6-2-1-5(7(16)3-6)4-23-14(22)8-9(17)11(19)13(21)12(20)10(8)18/h1-3H,4H2. The van der Waals surface area contributed by atoms with Gasteiger partial charge in [0.15, 0.2) is 23.3 Å². The Balaban J connectivity index is 2.28. The summed E-state index contributed by atoms with van der Waals surface area (Å²) < 4.78 is 70.4. The number of esters is 1. The fraction of sp³-hybridized carbons (Fsp3) is 0.0714. The molecule has 0 saturated heterocycles. The minimum Gasteiger partial charge on any atom is -0.457 e. The summed E-state index contributed by atoms with van der Waals surface area (Å²) >= 11 is 11.5. The summed E-state index contributed by atoms with van der Waals surface area (Å²) in [5, 5.41) is 0.396. The van der Waals surface area contributed by atoms with Gasteiger partial charge >= 0.3 is 5.97 Å². The molecule has 0 amide bonds. The summed E-state index contributed by atoms with van der Waals surface area (Å²) in [7, 11) is 0. The van der Waals surface area contributed by atoms with Crippen molar-refractivity contribution in [3.8, 4) is 0 Å². The second kappa shape index (κ2) is 6.72. The first kappa shape index (κ1) is 17.5. The van der Waals surface area contributed by atoms with Gasteiger partial charge < -0.3 is 4.74 Å². The van der Waals surface area contributed by atoms with E-state index >= 15 is 0 Å². The van der Waals surface area contributed by atoms with Gasteiger partial charge in [-0.05, 0) is 12.1 Å². The predicted octanol–water partition coefficient (Wildman–Crippen LogP) is 5.05. The summed E-state index contributed by atoms with van der Waals surface area (Å²) in [6, 6.07) is 4.11. The van der Waals surface area contributed by atoms with Gasteiger partial charge in [0.1, 0.15) is 12.2 Å². The van der Waals surface area contributed by atoms with Crippen molar-refractivity contribution in [2.45, 2.75) is 6.61 Å². The number of rotatable bonds is 3. The van der Waals surface area contributed by atoms with Crippen LogP contribution in [-0.2, 0) is 11.3 Å². The number of carbonyl (C=O) groups excluding carboxylic acids is 1. The smallest absolute Gasteiger partial charge is 0.344 e. The van der Waals surface area contributed by atoms with Gasteiger partial charge in [0, 0.05) is 15.6 Å². The highest BCUT2D eigenvalue weighted by atomic mass is 35.5. The molecule has 0 atom stereocenters. The first-order valence-electron chi connectivity index (χ1n) is 5.86. The minimum atomic E-state index is -2.36. The zero-order valence-electron chi connectivity index (χ0n) is 10.9. The third-order valence-corrected chi connectivity index (χ3v) is 3.37. The van der Waals surface area contributed by atoms with Gasteiger partial charge in [0.05, 0.1) is 0 Å². The molecule has 0 N–H and O–H groups in total. The monoisotopic (exact) mass is 370 g/mol. The second-order valence-corrected chi connectivity index (χ2v) is 5.10. The van der Waals surface area contributed by atoms with Gasteiger partial charge in [0.25, 0.3) is 0 Å². The van der Waals surface area contributed by atoms with Gasteiger partial charge in [-0.3, -0.25) is 0 Å². The Labute approximate surface area is 136 Å². The van der Waals surface area contributed by atoms with E-state index in [0.29, 0.717) is 5.02 Å². The highest BCUT2D eigenvalue weighted by Crippen LogP contribution is 2.25. The first-order valence-corrected chi connectivity index (χ1v) is 6.62. The van der Waals surface area contributed by atoms with Crippen LogP contribution in [0.1, 0.15) is 15.9 Å². The van der Waals surface area contributed by atoms with Crippen LogP contribution in [-0.4, -0.2) is 5.97 Å². The van der Waals surface area contributed by atoms with Gasteiger partial charge in [-0.15, -0.1) is 0 Å². The van der Waals surface area contributed by atoms with Crippen molar-refractivity contribution in [2.75, 3.05) is 0 Å². The Kier molecular flexibility index (Phi) is 5.11. The summed E-state index contributed by atoms with van der Waals surface area (Å²) in [5.74, 6) is -13.1. The quantitative estimate of drug-likeness (QED) is 0.327. The summed E-state index contributed by atoms with van der Waals surface area (Å²) in [6.45, 7) is -0.547. The van der Waals surface area contributed by atoms with Gasteiger partial charge in [-0.25, -0.2) is 26.7 Å². The van der Waals surface area contributed by atoms with E-state index in [2.05, 4.69) is 4.74 Å². The predicted molar refractivity (Wildman–Crippen MR) is 71.8 cm³/mol. The van der Waals surface area contributed by atoms with Crippen LogP contribution in [0.2, 0.25) is 10.0 Å². The third-order valence-electron chi connectivity index (χ3n) is 2.79. The van der Waals surface area contributed by atoms with Gasteiger partial charge in [-0.1, -0.05) is 29.3 Å². The lowest BCUT2D eigenvalue weighted by Crippen LogP contribution is -2.15. The molecule has 2 nitrogen and oxygen atoms in total. The van der Waals surface area contributed by atoms with Crippen LogP contribution < -0.4 is 0 Å². The molecule has 2 aromatic carbocycles. The van der Waals surface area contributed by atoms with Crippen molar-refractivity contribution in [1.82, 2.24) is 0 Å². The highest BCUT2D eigenvalue weighted by Gasteiger charge is 2.30. The molecule has 0 aliphatic carbocycles. The molecule has 0 fully saturated rings. The van der Waals surface area contributed by atoms with Crippen molar-refractivity contribution in [3.05, 3.63) is 68.5 Å². The molecule has 0 heterocycles. The zero-order valence-corrected chi connectivity index (χ0v) is 12.4. The third kappa shape index (κ3) is 3.40. The first-order chi connectivity index (χ1) is 10.7. The Morgan fingerprint density at radius 3 is 1.96 bits per heavy atom. The summed E-state index contributed by atoms with van der Waals surface area (Å²) in [4.78, 5) is 11.6. The van der Waals surface area contributed by atoms with E-state index in [4.69, 9.17) is 23.2 Å². The molecule has 2 rings (SSSR count).